The number of nitrogens with one attached hydrogen (secondary N) is 1. The summed E-state index contributed by atoms with van der Waals surface area (Å²) in [6.07, 6.45) is 3.46. The molecule has 0 unspecified atom stereocenters. The summed E-state index contributed by atoms with van der Waals surface area (Å²) in [5.41, 5.74) is 2.36. The normalized spacial score (nSPS) is 15.6. The quantitative estimate of drug-likeness (QED) is 0.881. The Balaban J connectivity index is 1.57. The number of aryl methyl sites for hydroxylation is 1. The maximum Gasteiger partial charge on any atom is 0.221 e. The van der Waals surface area contributed by atoms with E-state index in [0.29, 0.717) is 6.42 Å². The molecule has 1 aliphatic rings. The standard InChI is InChI=1S/C18H19NO/c20-17(12-11-15-7-3-1-4-8-15)19-18(13-14-18)16-9-5-2-6-10-16/h1-10H,11-14H2,(H,19,20). The molecule has 20 heavy (non-hydrogen) atoms. The largest absolute Gasteiger partial charge is 0.347 e. The van der Waals surface area contributed by atoms with Crippen LogP contribution in [0.1, 0.15) is 30.4 Å². The van der Waals surface area contributed by atoms with E-state index in [1.165, 1.54) is 11.1 Å². The Morgan fingerprint density at radius 3 is 2.15 bits per heavy atom. The van der Waals surface area contributed by atoms with Crippen LogP contribution in [0.2, 0.25) is 0 Å². The fourth-order valence-electron chi connectivity index (χ4n) is 2.60. The van der Waals surface area contributed by atoms with E-state index in [0.717, 1.165) is 19.3 Å². The third-order valence-electron chi connectivity index (χ3n) is 3.94. The third-order valence-corrected chi connectivity index (χ3v) is 3.94. The van der Waals surface area contributed by atoms with Gasteiger partial charge < -0.3 is 5.32 Å². The van der Waals surface area contributed by atoms with Crippen molar-refractivity contribution in [2.24, 2.45) is 0 Å². The highest BCUT2D eigenvalue weighted by atomic mass is 16.1. The van der Waals surface area contributed by atoms with E-state index < -0.39 is 0 Å². The van der Waals surface area contributed by atoms with E-state index >= 15 is 0 Å². The minimum absolute atomic E-state index is 0.0883. The van der Waals surface area contributed by atoms with Gasteiger partial charge in [-0.3, -0.25) is 4.79 Å². The van der Waals surface area contributed by atoms with Crippen molar-refractivity contribution in [3.8, 4) is 0 Å². The first kappa shape index (κ1) is 12.9. The van der Waals surface area contributed by atoms with Crippen LogP contribution in [0.3, 0.4) is 0 Å². The van der Waals surface area contributed by atoms with Gasteiger partial charge >= 0.3 is 0 Å². The zero-order valence-corrected chi connectivity index (χ0v) is 11.5. The van der Waals surface area contributed by atoms with Gasteiger partial charge in [-0.2, -0.15) is 0 Å². The number of carbonyl (C=O) groups excluding carboxylic acids is 1. The zero-order valence-electron chi connectivity index (χ0n) is 11.5. The van der Waals surface area contributed by atoms with Crippen LogP contribution in [-0.4, -0.2) is 5.91 Å². The highest BCUT2D eigenvalue weighted by Crippen LogP contribution is 2.45. The first-order valence-electron chi connectivity index (χ1n) is 7.19. The van der Waals surface area contributed by atoms with Crippen molar-refractivity contribution >= 4 is 5.91 Å². The molecule has 2 aromatic carbocycles. The van der Waals surface area contributed by atoms with Crippen molar-refractivity contribution in [3.05, 3.63) is 71.8 Å². The average molecular weight is 265 g/mol. The predicted molar refractivity (Wildman–Crippen MR) is 80.3 cm³/mol. The molecule has 1 saturated carbocycles. The number of hydrogen-bond donors (Lipinski definition) is 1. The van der Waals surface area contributed by atoms with Crippen LogP contribution in [0.4, 0.5) is 0 Å². The van der Waals surface area contributed by atoms with Gasteiger partial charge in [0.05, 0.1) is 5.54 Å². The second-order valence-corrected chi connectivity index (χ2v) is 5.48. The molecule has 0 atom stereocenters. The molecule has 1 amide bonds. The van der Waals surface area contributed by atoms with E-state index in [1.54, 1.807) is 0 Å². The molecule has 0 spiro atoms. The topological polar surface area (TPSA) is 29.1 Å². The highest BCUT2D eigenvalue weighted by Gasteiger charge is 2.45. The summed E-state index contributed by atoms with van der Waals surface area (Å²) in [5, 5.41) is 3.21. The number of rotatable bonds is 5. The van der Waals surface area contributed by atoms with Crippen molar-refractivity contribution in [3.63, 3.8) is 0 Å². The van der Waals surface area contributed by atoms with Gasteiger partial charge in [-0.15, -0.1) is 0 Å². The third kappa shape index (κ3) is 2.90. The van der Waals surface area contributed by atoms with Crippen molar-refractivity contribution < 1.29 is 4.79 Å². The first-order chi connectivity index (χ1) is 9.78. The minimum Gasteiger partial charge on any atom is -0.347 e. The Hall–Kier alpha value is -2.09. The maximum absolute atomic E-state index is 12.1. The van der Waals surface area contributed by atoms with Crippen LogP contribution in [0.15, 0.2) is 60.7 Å². The molecule has 1 aliphatic carbocycles. The molecular formula is C18H19NO. The molecule has 2 nitrogen and oxygen atoms in total. The van der Waals surface area contributed by atoms with Gasteiger partial charge in [0.2, 0.25) is 5.91 Å². The lowest BCUT2D eigenvalue weighted by molar-refractivity contribution is -0.122. The van der Waals surface area contributed by atoms with Gasteiger partial charge in [-0.1, -0.05) is 60.7 Å². The molecule has 2 heteroatoms. The van der Waals surface area contributed by atoms with Gasteiger partial charge in [0.1, 0.15) is 0 Å². The van der Waals surface area contributed by atoms with Gasteiger partial charge in [0, 0.05) is 6.42 Å². The first-order valence-corrected chi connectivity index (χ1v) is 7.19. The predicted octanol–water partition coefficient (Wildman–Crippen LogP) is 3.42. The highest BCUT2D eigenvalue weighted by molar-refractivity contribution is 5.77. The number of hydrogen-bond acceptors (Lipinski definition) is 1. The SMILES string of the molecule is O=C(CCc1ccccc1)NC1(c2ccccc2)CC1. The van der Waals surface area contributed by atoms with Crippen molar-refractivity contribution in [2.75, 3.05) is 0 Å². The van der Waals surface area contributed by atoms with Gasteiger partial charge in [0.25, 0.3) is 0 Å². The van der Waals surface area contributed by atoms with Crippen LogP contribution in [0, 0.1) is 0 Å². The van der Waals surface area contributed by atoms with Gasteiger partial charge in [-0.25, -0.2) is 0 Å². The lowest BCUT2D eigenvalue weighted by Crippen LogP contribution is -2.34. The Morgan fingerprint density at radius 1 is 0.950 bits per heavy atom. The summed E-state index contributed by atoms with van der Waals surface area (Å²) < 4.78 is 0. The van der Waals surface area contributed by atoms with Crippen LogP contribution < -0.4 is 5.32 Å². The van der Waals surface area contributed by atoms with Crippen molar-refractivity contribution in [2.45, 2.75) is 31.2 Å². The molecule has 3 rings (SSSR count). The Labute approximate surface area is 119 Å². The maximum atomic E-state index is 12.1. The molecule has 0 aliphatic heterocycles. The zero-order chi connectivity index (χ0) is 13.8. The summed E-state index contributed by atoms with van der Waals surface area (Å²) in [6.45, 7) is 0. The Bertz CT molecular complexity index is 573. The second kappa shape index (κ2) is 5.49. The summed E-state index contributed by atoms with van der Waals surface area (Å²) in [5.74, 6) is 0.148. The van der Waals surface area contributed by atoms with Crippen molar-refractivity contribution in [1.29, 1.82) is 0 Å². The van der Waals surface area contributed by atoms with Crippen LogP contribution in [0.5, 0.6) is 0 Å². The van der Waals surface area contributed by atoms with E-state index in [1.807, 2.05) is 36.4 Å². The molecule has 0 saturated heterocycles. The molecule has 0 radical (unpaired) electrons. The molecule has 2 aromatic rings. The molecule has 1 N–H and O–H groups in total. The number of amides is 1. The van der Waals surface area contributed by atoms with Crippen LogP contribution >= 0.6 is 0 Å². The van der Waals surface area contributed by atoms with E-state index in [9.17, 15) is 4.79 Å². The van der Waals surface area contributed by atoms with Gasteiger partial charge in [0.15, 0.2) is 0 Å². The fourth-order valence-corrected chi connectivity index (χ4v) is 2.60. The second-order valence-electron chi connectivity index (χ2n) is 5.48. The lowest BCUT2D eigenvalue weighted by Gasteiger charge is -2.18. The minimum atomic E-state index is -0.0883. The Kier molecular flexibility index (Phi) is 3.55. The summed E-state index contributed by atoms with van der Waals surface area (Å²) >= 11 is 0. The fraction of sp³-hybridized carbons (Fsp3) is 0.278. The number of benzene rings is 2. The number of carbonyl (C=O) groups is 1. The van der Waals surface area contributed by atoms with Crippen LogP contribution in [0.25, 0.3) is 0 Å². The summed E-state index contributed by atoms with van der Waals surface area (Å²) in [4.78, 5) is 12.1. The van der Waals surface area contributed by atoms with Gasteiger partial charge in [-0.05, 0) is 30.4 Å². The smallest absolute Gasteiger partial charge is 0.221 e. The van der Waals surface area contributed by atoms with E-state index in [-0.39, 0.29) is 11.4 Å². The Morgan fingerprint density at radius 2 is 1.55 bits per heavy atom. The molecule has 0 heterocycles. The van der Waals surface area contributed by atoms with Crippen molar-refractivity contribution in [1.82, 2.24) is 5.32 Å². The van der Waals surface area contributed by atoms with E-state index in [4.69, 9.17) is 0 Å². The summed E-state index contributed by atoms with van der Waals surface area (Å²) in [7, 11) is 0. The molecule has 0 bridgehead atoms. The molecule has 1 fully saturated rings. The molecule has 102 valence electrons. The lowest BCUT2D eigenvalue weighted by atomic mass is 10.0. The van der Waals surface area contributed by atoms with Crippen LogP contribution in [-0.2, 0) is 16.8 Å². The summed E-state index contributed by atoms with van der Waals surface area (Å²) in [6, 6.07) is 20.4. The van der Waals surface area contributed by atoms with E-state index in [2.05, 4.69) is 29.6 Å². The monoisotopic (exact) mass is 265 g/mol. The molecular weight excluding hydrogens is 246 g/mol. The average Bonchev–Trinajstić information content (AvgIpc) is 3.28. The molecule has 0 aromatic heterocycles.